The Balaban J connectivity index is 1.81. The number of methoxy groups -OCH3 is 2. The van der Waals surface area contributed by atoms with E-state index in [1.807, 2.05) is 42.5 Å². The molecule has 5 nitrogen and oxygen atoms in total. The summed E-state index contributed by atoms with van der Waals surface area (Å²) in [6, 6.07) is 18.2. The van der Waals surface area contributed by atoms with Crippen molar-refractivity contribution in [2.24, 2.45) is 0 Å². The summed E-state index contributed by atoms with van der Waals surface area (Å²) in [4.78, 5) is 14.3. The summed E-state index contributed by atoms with van der Waals surface area (Å²) in [5, 5.41) is 12.8. The topological polar surface area (TPSA) is 71.3 Å². The largest absolute Gasteiger partial charge is 0.493 e. The average molecular weight is 425 g/mol. The second-order valence-corrected chi connectivity index (χ2v) is 7.40. The molecule has 0 unspecified atom stereocenters. The second kappa shape index (κ2) is 9.28. The van der Waals surface area contributed by atoms with Crippen LogP contribution in [-0.2, 0) is 4.79 Å². The zero-order valence-electron chi connectivity index (χ0n) is 15.7. The van der Waals surface area contributed by atoms with Crippen LogP contribution >= 0.6 is 22.9 Å². The molecule has 1 heterocycles. The molecule has 1 amide bonds. The number of benzene rings is 2. The maximum atomic E-state index is 12.5. The third-order valence-corrected chi connectivity index (χ3v) is 5.45. The normalized spacial score (nSPS) is 10.9. The first-order valence-electron chi connectivity index (χ1n) is 8.55. The van der Waals surface area contributed by atoms with E-state index >= 15 is 0 Å². The highest BCUT2D eigenvalue weighted by atomic mass is 35.5. The quantitative estimate of drug-likeness (QED) is 0.411. The van der Waals surface area contributed by atoms with Gasteiger partial charge in [-0.15, -0.1) is 11.3 Å². The molecule has 1 aromatic heterocycles. The van der Waals surface area contributed by atoms with Gasteiger partial charge in [0.05, 0.1) is 14.2 Å². The van der Waals surface area contributed by atoms with Crippen LogP contribution < -0.4 is 14.8 Å². The van der Waals surface area contributed by atoms with E-state index < -0.39 is 5.91 Å². The summed E-state index contributed by atoms with van der Waals surface area (Å²) < 4.78 is 10.4. The highest BCUT2D eigenvalue weighted by Gasteiger charge is 2.13. The van der Waals surface area contributed by atoms with Crippen molar-refractivity contribution in [2.75, 3.05) is 19.5 Å². The highest BCUT2D eigenvalue weighted by Crippen LogP contribution is 2.34. The number of carbonyl (C=O) groups excluding carboxylic acids is 1. The Morgan fingerprint density at radius 2 is 1.86 bits per heavy atom. The predicted molar refractivity (Wildman–Crippen MR) is 117 cm³/mol. The number of halogens is 1. The number of ether oxygens (including phenoxy) is 2. The van der Waals surface area contributed by atoms with Crippen LogP contribution in [0, 0.1) is 11.3 Å². The van der Waals surface area contributed by atoms with E-state index in [0.29, 0.717) is 22.2 Å². The van der Waals surface area contributed by atoms with Gasteiger partial charge >= 0.3 is 0 Å². The molecule has 29 heavy (non-hydrogen) atoms. The van der Waals surface area contributed by atoms with E-state index in [9.17, 15) is 10.1 Å². The molecule has 1 N–H and O–H groups in total. The zero-order chi connectivity index (χ0) is 20.8. The highest BCUT2D eigenvalue weighted by molar-refractivity contribution is 7.16. The Morgan fingerprint density at radius 3 is 2.55 bits per heavy atom. The smallest absolute Gasteiger partial charge is 0.266 e. The molecule has 0 atom stereocenters. The first kappa shape index (κ1) is 20.5. The lowest BCUT2D eigenvalue weighted by atomic mass is 10.2. The maximum Gasteiger partial charge on any atom is 0.266 e. The first-order chi connectivity index (χ1) is 14.0. The lowest BCUT2D eigenvalue weighted by Crippen LogP contribution is -2.13. The van der Waals surface area contributed by atoms with Crippen molar-refractivity contribution in [1.29, 1.82) is 5.26 Å². The summed E-state index contributed by atoms with van der Waals surface area (Å²) in [6.07, 6.45) is 1.56. The third-order valence-electron chi connectivity index (χ3n) is 4.06. The van der Waals surface area contributed by atoms with Gasteiger partial charge in [-0.05, 0) is 36.4 Å². The number of amides is 1. The van der Waals surface area contributed by atoms with Crippen molar-refractivity contribution in [3.05, 3.63) is 70.1 Å². The molecule has 0 spiro atoms. The number of nitriles is 1. The van der Waals surface area contributed by atoms with Crippen molar-refractivity contribution in [3.8, 4) is 28.0 Å². The van der Waals surface area contributed by atoms with Crippen LogP contribution in [0.15, 0.2) is 60.2 Å². The van der Waals surface area contributed by atoms with Gasteiger partial charge in [-0.2, -0.15) is 5.26 Å². The minimum absolute atomic E-state index is 0.00709. The number of rotatable bonds is 6. The Kier molecular flexibility index (Phi) is 6.55. The summed E-state index contributed by atoms with van der Waals surface area (Å²) in [7, 11) is 3.04. The molecule has 3 rings (SSSR count). The van der Waals surface area contributed by atoms with Crippen LogP contribution in [0.1, 0.15) is 4.88 Å². The Morgan fingerprint density at radius 1 is 1.10 bits per heavy atom. The van der Waals surface area contributed by atoms with E-state index in [1.165, 1.54) is 25.6 Å². The van der Waals surface area contributed by atoms with Gasteiger partial charge < -0.3 is 14.8 Å². The molecule has 0 aliphatic rings. The molecule has 0 fully saturated rings. The van der Waals surface area contributed by atoms with Gasteiger partial charge in [0.25, 0.3) is 5.91 Å². The Bertz CT molecular complexity index is 1120. The fourth-order valence-electron chi connectivity index (χ4n) is 2.64. The van der Waals surface area contributed by atoms with Crippen molar-refractivity contribution in [3.63, 3.8) is 0 Å². The van der Waals surface area contributed by atoms with Gasteiger partial charge in [-0.25, -0.2) is 0 Å². The Hall–Kier alpha value is -3.27. The summed E-state index contributed by atoms with van der Waals surface area (Å²) >= 11 is 7.69. The molecule has 146 valence electrons. The van der Waals surface area contributed by atoms with E-state index in [2.05, 4.69) is 5.32 Å². The number of carbonyl (C=O) groups is 1. The third kappa shape index (κ3) is 4.77. The van der Waals surface area contributed by atoms with Gasteiger partial charge in [0, 0.05) is 32.1 Å². The lowest BCUT2D eigenvalue weighted by Gasteiger charge is -2.10. The van der Waals surface area contributed by atoms with E-state index in [-0.39, 0.29) is 5.57 Å². The number of nitrogens with one attached hydrogen (secondary N) is 1. The molecule has 0 saturated heterocycles. The van der Waals surface area contributed by atoms with Crippen LogP contribution in [0.2, 0.25) is 5.02 Å². The van der Waals surface area contributed by atoms with E-state index in [0.717, 1.165) is 15.3 Å². The molecule has 0 aliphatic carbocycles. The number of nitrogens with zero attached hydrogens (tertiary/aromatic N) is 1. The Labute approximate surface area is 177 Å². The summed E-state index contributed by atoms with van der Waals surface area (Å²) in [5.74, 6) is 0.523. The minimum atomic E-state index is -0.507. The average Bonchev–Trinajstić information content (AvgIpc) is 3.20. The monoisotopic (exact) mass is 424 g/mol. The maximum absolute atomic E-state index is 12.5. The molecular weight excluding hydrogens is 408 g/mol. The molecule has 2 aromatic carbocycles. The SMILES string of the molecule is COc1ccc(NC(=O)/C(C#N)=C/c2ccc(-c3ccccc3Cl)s2)cc1OC. The second-order valence-electron chi connectivity index (χ2n) is 5.88. The van der Waals surface area contributed by atoms with Crippen LogP contribution in [0.25, 0.3) is 16.5 Å². The first-order valence-corrected chi connectivity index (χ1v) is 9.75. The van der Waals surface area contributed by atoms with Crippen molar-refractivity contribution < 1.29 is 14.3 Å². The molecular formula is C22H17ClN2O3S. The van der Waals surface area contributed by atoms with Gasteiger partial charge in [-0.3, -0.25) is 4.79 Å². The zero-order valence-corrected chi connectivity index (χ0v) is 17.3. The number of anilines is 1. The number of thiophene rings is 1. The summed E-state index contributed by atoms with van der Waals surface area (Å²) in [5.41, 5.74) is 1.40. The van der Waals surface area contributed by atoms with Crippen LogP contribution in [0.5, 0.6) is 11.5 Å². The predicted octanol–water partition coefficient (Wildman–Crippen LogP) is 5.63. The molecule has 3 aromatic rings. The standard InChI is InChI=1S/C22H17ClN2O3S/c1-27-19-9-7-15(12-20(19)28-2)25-22(26)14(13-24)11-16-8-10-21(29-16)17-5-3-4-6-18(17)23/h3-12H,1-2H3,(H,25,26)/b14-11+. The summed E-state index contributed by atoms with van der Waals surface area (Å²) in [6.45, 7) is 0. The van der Waals surface area contributed by atoms with E-state index in [1.54, 1.807) is 24.3 Å². The van der Waals surface area contributed by atoms with Crippen LogP contribution in [-0.4, -0.2) is 20.1 Å². The van der Waals surface area contributed by atoms with Gasteiger partial charge in [0.1, 0.15) is 11.6 Å². The minimum Gasteiger partial charge on any atom is -0.493 e. The number of hydrogen-bond acceptors (Lipinski definition) is 5. The lowest BCUT2D eigenvalue weighted by molar-refractivity contribution is -0.112. The van der Waals surface area contributed by atoms with E-state index in [4.69, 9.17) is 21.1 Å². The van der Waals surface area contributed by atoms with Crippen LogP contribution in [0.3, 0.4) is 0 Å². The van der Waals surface area contributed by atoms with Gasteiger partial charge in [-0.1, -0.05) is 29.8 Å². The van der Waals surface area contributed by atoms with Gasteiger partial charge in [0.15, 0.2) is 11.5 Å². The van der Waals surface area contributed by atoms with Crippen molar-refractivity contribution in [1.82, 2.24) is 0 Å². The van der Waals surface area contributed by atoms with Crippen molar-refractivity contribution in [2.45, 2.75) is 0 Å². The number of hydrogen-bond donors (Lipinski definition) is 1. The fourth-order valence-corrected chi connectivity index (χ4v) is 3.92. The fraction of sp³-hybridized carbons (Fsp3) is 0.0909. The molecule has 7 heteroatoms. The molecule has 0 radical (unpaired) electrons. The molecule has 0 aliphatic heterocycles. The van der Waals surface area contributed by atoms with Crippen LogP contribution in [0.4, 0.5) is 5.69 Å². The van der Waals surface area contributed by atoms with Gasteiger partial charge in [0.2, 0.25) is 0 Å². The molecule has 0 bridgehead atoms. The molecule has 0 saturated carbocycles. The van der Waals surface area contributed by atoms with Crippen molar-refractivity contribution >= 4 is 40.6 Å².